The highest BCUT2D eigenvalue weighted by atomic mass is 32.2. The van der Waals surface area contributed by atoms with Crippen LogP contribution in [0.15, 0.2) is 34.1 Å². The Morgan fingerprint density at radius 3 is 1.30 bits per heavy atom. The second kappa shape index (κ2) is 4.31. The van der Waals surface area contributed by atoms with Gasteiger partial charge in [0.05, 0.1) is 11.4 Å². The van der Waals surface area contributed by atoms with Gasteiger partial charge in [-0.15, -0.1) is 0 Å². The minimum absolute atomic E-state index is 0.133. The summed E-state index contributed by atoms with van der Waals surface area (Å²) in [6, 6.07) is 4.44. The molecule has 0 aliphatic carbocycles. The predicted molar refractivity (Wildman–Crippen MR) is 72.4 cm³/mol. The second-order valence-corrected chi connectivity index (χ2v) is 6.86. The van der Waals surface area contributed by atoms with Crippen molar-refractivity contribution in [2.45, 2.75) is 9.79 Å². The molecule has 0 unspecified atom stereocenters. The molecule has 0 aromatic heterocycles. The number of benzene rings is 2. The van der Waals surface area contributed by atoms with Gasteiger partial charge >= 0.3 is 0 Å². The molecule has 8 nitrogen and oxygen atoms in total. The van der Waals surface area contributed by atoms with E-state index in [1.807, 2.05) is 0 Å². The first-order valence-electron chi connectivity index (χ1n) is 5.08. The van der Waals surface area contributed by atoms with E-state index in [0.29, 0.717) is 5.39 Å². The molecule has 0 amide bonds. The van der Waals surface area contributed by atoms with Gasteiger partial charge in [-0.25, -0.2) is 0 Å². The van der Waals surface area contributed by atoms with Crippen molar-refractivity contribution in [1.82, 2.24) is 0 Å². The number of fused-ring (bicyclic) bond motifs is 1. The summed E-state index contributed by atoms with van der Waals surface area (Å²) in [6.45, 7) is 0. The average Bonchev–Trinajstić information content (AvgIpc) is 2.24. The smallest absolute Gasteiger partial charge is 0.296 e. The van der Waals surface area contributed by atoms with Crippen LogP contribution in [0.1, 0.15) is 0 Å². The van der Waals surface area contributed by atoms with Crippen molar-refractivity contribution in [1.29, 1.82) is 0 Å². The van der Waals surface area contributed by atoms with Crippen molar-refractivity contribution in [2.24, 2.45) is 0 Å². The van der Waals surface area contributed by atoms with E-state index in [1.54, 1.807) is 0 Å². The maximum Gasteiger partial charge on any atom is 0.296 e. The van der Waals surface area contributed by atoms with Crippen LogP contribution in [0.5, 0.6) is 0 Å². The summed E-state index contributed by atoms with van der Waals surface area (Å²) < 4.78 is 62.5. The van der Waals surface area contributed by atoms with Crippen LogP contribution in [0, 0.1) is 0 Å². The molecule has 0 heterocycles. The first kappa shape index (κ1) is 14.5. The van der Waals surface area contributed by atoms with Gasteiger partial charge < -0.3 is 11.5 Å². The molecule has 0 spiro atoms. The number of hydrogen-bond acceptors (Lipinski definition) is 6. The summed E-state index contributed by atoms with van der Waals surface area (Å²) in [5, 5.41) is 0.494. The number of nitrogens with two attached hydrogens (primary N) is 2. The molecule has 6 N–H and O–H groups in total. The molecule has 0 saturated carbocycles. The molecular weight excluding hydrogens is 308 g/mol. The fourth-order valence-electron chi connectivity index (χ4n) is 1.79. The lowest BCUT2D eigenvalue weighted by Gasteiger charge is -2.08. The molecule has 0 saturated heterocycles. The van der Waals surface area contributed by atoms with Crippen LogP contribution in [0.4, 0.5) is 11.4 Å². The van der Waals surface area contributed by atoms with Crippen molar-refractivity contribution in [2.75, 3.05) is 11.5 Å². The molecule has 0 fully saturated rings. The Bertz CT molecular complexity index is 846. The van der Waals surface area contributed by atoms with E-state index in [0.717, 1.165) is 12.1 Å². The third-order valence-corrected chi connectivity index (χ3v) is 4.47. The van der Waals surface area contributed by atoms with Crippen LogP contribution in [0.2, 0.25) is 0 Å². The average molecular weight is 318 g/mol. The second-order valence-electron chi connectivity index (χ2n) is 4.08. The van der Waals surface area contributed by atoms with Gasteiger partial charge in [-0.1, -0.05) is 0 Å². The summed E-state index contributed by atoms with van der Waals surface area (Å²) in [6.07, 6.45) is 0. The largest absolute Gasteiger partial charge is 0.398 e. The first-order valence-corrected chi connectivity index (χ1v) is 7.96. The minimum atomic E-state index is -4.55. The predicted octanol–water partition coefficient (Wildman–Crippen LogP) is 0.498. The van der Waals surface area contributed by atoms with Crippen LogP contribution in [0.3, 0.4) is 0 Å². The van der Waals surface area contributed by atoms with Gasteiger partial charge in [0.2, 0.25) is 0 Å². The fourth-order valence-corrected chi connectivity index (χ4v) is 3.06. The molecular formula is C10H10N2O6S2. The Hall–Kier alpha value is -1.88. The maximum absolute atomic E-state index is 11.1. The Kier molecular flexibility index (Phi) is 3.13. The van der Waals surface area contributed by atoms with Crippen molar-refractivity contribution < 1.29 is 25.9 Å². The molecule has 2 aromatic rings. The third kappa shape index (κ3) is 2.54. The van der Waals surface area contributed by atoms with Crippen molar-refractivity contribution in [3.05, 3.63) is 24.3 Å². The zero-order valence-electron chi connectivity index (χ0n) is 9.81. The highest BCUT2D eigenvalue weighted by molar-refractivity contribution is 7.86. The van der Waals surface area contributed by atoms with Gasteiger partial charge in [0.1, 0.15) is 9.79 Å². The van der Waals surface area contributed by atoms with Gasteiger partial charge in [0, 0.05) is 0 Å². The number of anilines is 2. The highest BCUT2D eigenvalue weighted by Crippen LogP contribution is 2.30. The van der Waals surface area contributed by atoms with Gasteiger partial charge in [-0.3, -0.25) is 9.11 Å². The van der Waals surface area contributed by atoms with E-state index in [9.17, 15) is 16.8 Å². The van der Waals surface area contributed by atoms with E-state index >= 15 is 0 Å². The molecule has 0 radical (unpaired) electrons. The summed E-state index contributed by atoms with van der Waals surface area (Å²) in [5.74, 6) is 0. The lowest BCUT2D eigenvalue weighted by atomic mass is 10.1. The van der Waals surface area contributed by atoms with Gasteiger partial charge in [-0.2, -0.15) is 16.8 Å². The van der Waals surface area contributed by atoms with E-state index in [2.05, 4.69) is 0 Å². The molecule has 0 bridgehead atoms. The summed E-state index contributed by atoms with van der Waals surface area (Å²) in [7, 11) is -9.10. The molecule has 0 aliphatic heterocycles. The first-order chi connectivity index (χ1) is 9.00. The molecule has 108 valence electrons. The van der Waals surface area contributed by atoms with Crippen molar-refractivity contribution in [3.63, 3.8) is 0 Å². The molecule has 0 atom stereocenters. The standard InChI is InChI=1S/C10H10N2O6S2/c11-7-1-5-2-8(12)10(20(16,17)18)4-6(5)3-9(7)19(13,14)15/h1-4H,11-12H2,(H,13,14,15)(H,16,17,18). The number of hydrogen-bond donors (Lipinski definition) is 4. The van der Waals surface area contributed by atoms with Crippen LogP contribution in [-0.2, 0) is 20.2 Å². The SMILES string of the molecule is Nc1cc2cc(N)c(S(=O)(=O)O)cc2cc1S(=O)(=O)O. The monoisotopic (exact) mass is 318 g/mol. The number of nitrogen functional groups attached to an aromatic ring is 2. The van der Waals surface area contributed by atoms with Crippen molar-refractivity contribution >= 4 is 42.4 Å². The topological polar surface area (TPSA) is 161 Å². The zero-order chi connectivity index (χ0) is 15.3. The zero-order valence-corrected chi connectivity index (χ0v) is 11.4. The lowest BCUT2D eigenvalue weighted by molar-refractivity contribution is 0.482. The summed E-state index contributed by atoms with van der Waals surface area (Å²) in [5.41, 5.74) is 10.6. The third-order valence-electron chi connectivity index (χ3n) is 2.65. The quantitative estimate of drug-likeness (QED) is 0.459. The lowest BCUT2D eigenvalue weighted by Crippen LogP contribution is -2.05. The molecule has 2 aromatic carbocycles. The molecule has 0 aliphatic rings. The van der Waals surface area contributed by atoms with Crippen LogP contribution < -0.4 is 11.5 Å². The van der Waals surface area contributed by atoms with E-state index in [1.165, 1.54) is 12.1 Å². The normalized spacial score (nSPS) is 12.7. The Morgan fingerprint density at radius 1 is 0.700 bits per heavy atom. The number of rotatable bonds is 2. The van der Waals surface area contributed by atoms with Crippen LogP contribution in [-0.4, -0.2) is 25.9 Å². The van der Waals surface area contributed by atoms with Crippen LogP contribution in [0.25, 0.3) is 10.8 Å². The van der Waals surface area contributed by atoms with Gasteiger partial charge in [0.25, 0.3) is 20.2 Å². The van der Waals surface area contributed by atoms with Crippen LogP contribution >= 0.6 is 0 Å². The summed E-state index contributed by atoms with van der Waals surface area (Å²) >= 11 is 0. The maximum atomic E-state index is 11.1. The van der Waals surface area contributed by atoms with Gasteiger partial charge in [-0.05, 0) is 35.0 Å². The fraction of sp³-hybridized carbons (Fsp3) is 0. The minimum Gasteiger partial charge on any atom is -0.398 e. The Labute approximate surface area is 114 Å². The Morgan fingerprint density at radius 2 is 1.00 bits per heavy atom. The molecule has 20 heavy (non-hydrogen) atoms. The highest BCUT2D eigenvalue weighted by Gasteiger charge is 2.18. The Balaban J connectivity index is 2.91. The van der Waals surface area contributed by atoms with E-state index in [-0.39, 0.29) is 16.8 Å². The van der Waals surface area contributed by atoms with E-state index in [4.69, 9.17) is 20.6 Å². The van der Waals surface area contributed by atoms with Gasteiger partial charge in [0.15, 0.2) is 0 Å². The van der Waals surface area contributed by atoms with Crippen molar-refractivity contribution in [3.8, 4) is 0 Å². The molecule has 2 rings (SSSR count). The van der Waals surface area contributed by atoms with E-state index < -0.39 is 30.0 Å². The molecule has 10 heteroatoms. The summed E-state index contributed by atoms with van der Waals surface area (Å²) in [4.78, 5) is -1.12.